The van der Waals surface area contributed by atoms with Gasteiger partial charge in [-0.1, -0.05) is 84.9 Å². The Bertz CT molecular complexity index is 2540. The van der Waals surface area contributed by atoms with Gasteiger partial charge in [0.05, 0.1) is 22.1 Å². The molecule has 0 aliphatic heterocycles. The van der Waals surface area contributed by atoms with Crippen LogP contribution in [0.5, 0.6) is 0 Å². The van der Waals surface area contributed by atoms with Gasteiger partial charge in [0.25, 0.3) is 0 Å². The minimum Gasteiger partial charge on any atom is -0.311 e. The first-order valence-electron chi connectivity index (χ1n) is 16.7. The van der Waals surface area contributed by atoms with E-state index in [1.54, 1.807) is 0 Å². The SMILES string of the molecule is Cc1ccc(C)c2c1nc(-c1ccc(N(c3ccccc3)c3ccc(-n4c5ccccc5c5ccccc54)cc3)cc1)n2-c1ccccc1. The monoisotopic (exact) mass is 630 g/mol. The molecule has 0 unspecified atom stereocenters. The number of anilines is 3. The van der Waals surface area contributed by atoms with Crippen molar-refractivity contribution in [3.05, 3.63) is 181 Å². The van der Waals surface area contributed by atoms with E-state index in [4.69, 9.17) is 4.98 Å². The zero-order valence-electron chi connectivity index (χ0n) is 27.5. The Morgan fingerprint density at radius 3 is 1.55 bits per heavy atom. The minimum absolute atomic E-state index is 0.937. The highest BCUT2D eigenvalue weighted by Gasteiger charge is 2.19. The molecule has 0 radical (unpaired) electrons. The molecular weight excluding hydrogens is 597 g/mol. The van der Waals surface area contributed by atoms with Crippen molar-refractivity contribution in [1.82, 2.24) is 14.1 Å². The highest BCUT2D eigenvalue weighted by Crippen LogP contribution is 2.38. The minimum atomic E-state index is 0.937. The third-order valence-electron chi connectivity index (χ3n) is 9.57. The number of aromatic nitrogens is 3. The van der Waals surface area contributed by atoms with Crippen LogP contribution in [0.4, 0.5) is 17.1 Å². The second-order valence-electron chi connectivity index (χ2n) is 12.6. The first kappa shape index (κ1) is 28.8. The molecule has 0 aliphatic rings. The first-order chi connectivity index (χ1) is 24.2. The fraction of sp³-hybridized carbons (Fsp3) is 0.0444. The van der Waals surface area contributed by atoms with Crippen LogP contribution < -0.4 is 4.90 Å². The van der Waals surface area contributed by atoms with E-state index in [-0.39, 0.29) is 0 Å². The second kappa shape index (κ2) is 11.7. The van der Waals surface area contributed by atoms with Crippen molar-refractivity contribution in [2.24, 2.45) is 0 Å². The van der Waals surface area contributed by atoms with Crippen LogP contribution in [0, 0.1) is 13.8 Å². The van der Waals surface area contributed by atoms with Gasteiger partial charge >= 0.3 is 0 Å². The van der Waals surface area contributed by atoms with Gasteiger partial charge in [0.1, 0.15) is 5.82 Å². The predicted molar refractivity (Wildman–Crippen MR) is 205 cm³/mol. The zero-order chi connectivity index (χ0) is 32.9. The number of hydrogen-bond acceptors (Lipinski definition) is 2. The lowest BCUT2D eigenvalue weighted by molar-refractivity contribution is 1.10. The number of imidazole rings is 1. The quantitative estimate of drug-likeness (QED) is 0.183. The Kier molecular flexibility index (Phi) is 6.87. The molecule has 4 heteroatoms. The Morgan fingerprint density at radius 2 is 0.918 bits per heavy atom. The molecule has 9 rings (SSSR count). The van der Waals surface area contributed by atoms with E-state index >= 15 is 0 Å². The van der Waals surface area contributed by atoms with E-state index in [9.17, 15) is 0 Å². The molecule has 0 N–H and O–H groups in total. The van der Waals surface area contributed by atoms with Gasteiger partial charge in [-0.2, -0.15) is 0 Å². The van der Waals surface area contributed by atoms with E-state index < -0.39 is 0 Å². The van der Waals surface area contributed by atoms with Crippen LogP contribution in [-0.2, 0) is 0 Å². The third-order valence-corrected chi connectivity index (χ3v) is 9.57. The molecule has 0 atom stereocenters. The van der Waals surface area contributed by atoms with Crippen molar-refractivity contribution in [2.75, 3.05) is 4.90 Å². The summed E-state index contributed by atoms with van der Waals surface area (Å²) in [5.74, 6) is 0.937. The number of rotatable bonds is 6. The van der Waals surface area contributed by atoms with Crippen LogP contribution in [0.1, 0.15) is 11.1 Å². The van der Waals surface area contributed by atoms with Crippen LogP contribution >= 0.6 is 0 Å². The van der Waals surface area contributed by atoms with Crippen molar-refractivity contribution in [1.29, 1.82) is 0 Å². The Balaban J connectivity index is 1.15. The van der Waals surface area contributed by atoms with Crippen molar-refractivity contribution in [2.45, 2.75) is 13.8 Å². The molecule has 0 aliphatic carbocycles. The molecule has 2 heterocycles. The second-order valence-corrected chi connectivity index (χ2v) is 12.6. The maximum Gasteiger partial charge on any atom is 0.145 e. The summed E-state index contributed by atoms with van der Waals surface area (Å²) < 4.78 is 4.66. The number of para-hydroxylation sites is 4. The van der Waals surface area contributed by atoms with Gasteiger partial charge in [-0.15, -0.1) is 0 Å². The van der Waals surface area contributed by atoms with E-state index in [0.717, 1.165) is 50.9 Å². The maximum atomic E-state index is 5.23. The standard InChI is InChI=1S/C45H34N4/c1-31-21-22-32(2)44-43(31)46-45(49(44)35-15-7-4-8-16-35)33-23-25-36(26-24-33)47(34-13-5-3-6-14-34)37-27-29-38(30-28-37)48-41-19-11-9-17-39(41)40-18-10-12-20-42(40)48/h3-30H,1-2H3. The van der Waals surface area contributed by atoms with Gasteiger partial charge in [-0.3, -0.25) is 4.57 Å². The zero-order valence-corrected chi connectivity index (χ0v) is 27.5. The smallest absolute Gasteiger partial charge is 0.145 e. The lowest BCUT2D eigenvalue weighted by Gasteiger charge is -2.26. The molecule has 49 heavy (non-hydrogen) atoms. The summed E-state index contributed by atoms with van der Waals surface area (Å²) >= 11 is 0. The molecule has 0 fully saturated rings. The summed E-state index contributed by atoms with van der Waals surface area (Å²) in [7, 11) is 0. The topological polar surface area (TPSA) is 26.0 Å². The summed E-state index contributed by atoms with van der Waals surface area (Å²) in [4.78, 5) is 7.55. The fourth-order valence-electron chi connectivity index (χ4n) is 7.22. The number of fused-ring (bicyclic) bond motifs is 4. The summed E-state index contributed by atoms with van der Waals surface area (Å²) in [5.41, 5.74) is 13.6. The van der Waals surface area contributed by atoms with E-state index in [1.807, 2.05) is 0 Å². The van der Waals surface area contributed by atoms with Gasteiger partial charge in [-0.25, -0.2) is 4.98 Å². The molecule has 4 nitrogen and oxygen atoms in total. The molecule has 0 saturated heterocycles. The van der Waals surface area contributed by atoms with Gasteiger partial charge < -0.3 is 9.47 Å². The summed E-state index contributed by atoms with van der Waals surface area (Å²) in [6.07, 6.45) is 0. The first-order valence-corrected chi connectivity index (χ1v) is 16.7. The molecular formula is C45H34N4. The number of aryl methyl sites for hydroxylation is 2. The average molecular weight is 631 g/mol. The molecule has 9 aromatic rings. The largest absolute Gasteiger partial charge is 0.311 e. The van der Waals surface area contributed by atoms with E-state index in [2.05, 4.69) is 198 Å². The van der Waals surface area contributed by atoms with Crippen LogP contribution in [0.3, 0.4) is 0 Å². The molecule has 0 bridgehead atoms. The number of hydrogen-bond donors (Lipinski definition) is 0. The van der Waals surface area contributed by atoms with E-state index in [0.29, 0.717) is 0 Å². The van der Waals surface area contributed by atoms with Crippen LogP contribution in [0.15, 0.2) is 170 Å². The third kappa shape index (κ3) is 4.80. The molecule has 0 spiro atoms. The van der Waals surface area contributed by atoms with Gasteiger partial charge in [0.2, 0.25) is 0 Å². The molecule has 0 amide bonds. The lowest BCUT2D eigenvalue weighted by atomic mass is 10.1. The van der Waals surface area contributed by atoms with Crippen molar-refractivity contribution < 1.29 is 0 Å². The lowest BCUT2D eigenvalue weighted by Crippen LogP contribution is -2.10. The predicted octanol–water partition coefficient (Wildman–Crippen LogP) is 11.9. The molecule has 0 saturated carbocycles. The Morgan fingerprint density at radius 1 is 0.429 bits per heavy atom. The molecule has 2 aromatic heterocycles. The van der Waals surface area contributed by atoms with Crippen LogP contribution in [0.25, 0.3) is 55.6 Å². The Labute approximate surface area is 285 Å². The molecule has 234 valence electrons. The van der Waals surface area contributed by atoms with E-state index in [1.165, 1.54) is 32.9 Å². The summed E-state index contributed by atoms with van der Waals surface area (Å²) in [5, 5.41) is 2.53. The highest BCUT2D eigenvalue weighted by molar-refractivity contribution is 6.09. The van der Waals surface area contributed by atoms with Gasteiger partial charge in [0.15, 0.2) is 0 Å². The van der Waals surface area contributed by atoms with Gasteiger partial charge in [-0.05, 0) is 110 Å². The highest BCUT2D eigenvalue weighted by atomic mass is 15.1. The number of benzene rings is 7. The van der Waals surface area contributed by atoms with Crippen molar-refractivity contribution in [3.63, 3.8) is 0 Å². The maximum absolute atomic E-state index is 5.23. The Hall–Kier alpha value is -6.39. The van der Waals surface area contributed by atoms with Crippen molar-refractivity contribution in [3.8, 4) is 22.8 Å². The normalized spacial score (nSPS) is 11.5. The van der Waals surface area contributed by atoms with Gasteiger partial charge in [0, 0.05) is 44.8 Å². The molecule has 7 aromatic carbocycles. The summed E-state index contributed by atoms with van der Waals surface area (Å²) in [6, 6.07) is 60.5. The van der Waals surface area contributed by atoms with Crippen molar-refractivity contribution >= 4 is 49.9 Å². The number of nitrogens with zero attached hydrogens (tertiary/aromatic N) is 4. The van der Waals surface area contributed by atoms with Crippen LogP contribution in [0.2, 0.25) is 0 Å². The fourth-order valence-corrected chi connectivity index (χ4v) is 7.22. The average Bonchev–Trinajstić information content (AvgIpc) is 3.73. The van der Waals surface area contributed by atoms with Crippen LogP contribution in [-0.4, -0.2) is 14.1 Å². The summed E-state index contributed by atoms with van der Waals surface area (Å²) in [6.45, 7) is 4.31.